The standard InChI is InChI=1S/C15H11ClFN3O/c16-11-3-4-12(13(17)9-11)15(21)20-14-8-10(2-1-6-18)5-7-19-14/h3-5,7-9H,6,18H2,(H,19,20,21). The van der Waals surface area contributed by atoms with Crippen molar-refractivity contribution in [2.24, 2.45) is 5.73 Å². The van der Waals surface area contributed by atoms with Crippen molar-refractivity contribution in [3.63, 3.8) is 0 Å². The lowest BCUT2D eigenvalue weighted by atomic mass is 10.2. The van der Waals surface area contributed by atoms with E-state index in [2.05, 4.69) is 22.1 Å². The van der Waals surface area contributed by atoms with Gasteiger partial charge in [0.05, 0.1) is 12.1 Å². The van der Waals surface area contributed by atoms with Crippen molar-refractivity contribution >= 4 is 23.3 Å². The molecule has 1 aromatic heterocycles. The maximum Gasteiger partial charge on any atom is 0.259 e. The molecule has 0 saturated heterocycles. The Morgan fingerprint density at radius 1 is 1.38 bits per heavy atom. The Morgan fingerprint density at radius 3 is 2.90 bits per heavy atom. The zero-order valence-corrected chi connectivity index (χ0v) is 11.6. The maximum atomic E-state index is 13.6. The molecule has 4 nitrogen and oxygen atoms in total. The molecule has 1 aromatic carbocycles. The molecule has 106 valence electrons. The van der Waals surface area contributed by atoms with Gasteiger partial charge in [0, 0.05) is 16.8 Å². The van der Waals surface area contributed by atoms with Gasteiger partial charge in [-0.1, -0.05) is 23.4 Å². The molecule has 0 aliphatic rings. The fourth-order valence-corrected chi connectivity index (χ4v) is 1.75. The summed E-state index contributed by atoms with van der Waals surface area (Å²) >= 11 is 5.64. The molecule has 0 fully saturated rings. The summed E-state index contributed by atoms with van der Waals surface area (Å²) in [5.74, 6) is 4.48. The number of anilines is 1. The number of carbonyl (C=O) groups is 1. The van der Waals surface area contributed by atoms with E-state index in [0.29, 0.717) is 5.56 Å². The smallest absolute Gasteiger partial charge is 0.259 e. The van der Waals surface area contributed by atoms with E-state index < -0.39 is 11.7 Å². The van der Waals surface area contributed by atoms with Crippen molar-refractivity contribution in [1.82, 2.24) is 4.98 Å². The number of hydrogen-bond acceptors (Lipinski definition) is 3. The van der Waals surface area contributed by atoms with Crippen LogP contribution in [-0.4, -0.2) is 17.4 Å². The van der Waals surface area contributed by atoms with Crippen LogP contribution in [0.2, 0.25) is 5.02 Å². The predicted molar refractivity (Wildman–Crippen MR) is 79.5 cm³/mol. The van der Waals surface area contributed by atoms with Crippen molar-refractivity contribution in [1.29, 1.82) is 0 Å². The highest BCUT2D eigenvalue weighted by molar-refractivity contribution is 6.30. The Bertz CT molecular complexity index is 737. The maximum absolute atomic E-state index is 13.6. The lowest BCUT2D eigenvalue weighted by molar-refractivity contribution is 0.102. The van der Waals surface area contributed by atoms with Crippen molar-refractivity contribution < 1.29 is 9.18 Å². The summed E-state index contributed by atoms with van der Waals surface area (Å²) in [5.41, 5.74) is 5.83. The number of nitrogens with zero attached hydrogens (tertiary/aromatic N) is 1. The van der Waals surface area contributed by atoms with Crippen molar-refractivity contribution in [3.05, 3.63) is 58.5 Å². The van der Waals surface area contributed by atoms with E-state index in [-0.39, 0.29) is 22.9 Å². The van der Waals surface area contributed by atoms with Gasteiger partial charge in [-0.15, -0.1) is 0 Å². The fraction of sp³-hybridized carbons (Fsp3) is 0.0667. The van der Waals surface area contributed by atoms with E-state index in [0.717, 1.165) is 6.07 Å². The van der Waals surface area contributed by atoms with Crippen LogP contribution in [0.5, 0.6) is 0 Å². The van der Waals surface area contributed by atoms with Gasteiger partial charge in [-0.05, 0) is 30.3 Å². The zero-order chi connectivity index (χ0) is 15.2. The molecule has 1 heterocycles. The van der Waals surface area contributed by atoms with Gasteiger partial charge in [0.1, 0.15) is 11.6 Å². The van der Waals surface area contributed by atoms with Crippen molar-refractivity contribution in [2.45, 2.75) is 0 Å². The van der Waals surface area contributed by atoms with Crippen LogP contribution >= 0.6 is 11.6 Å². The Kier molecular flexibility index (Phi) is 4.88. The fourth-order valence-electron chi connectivity index (χ4n) is 1.59. The number of benzene rings is 1. The van der Waals surface area contributed by atoms with Gasteiger partial charge in [-0.2, -0.15) is 0 Å². The summed E-state index contributed by atoms with van der Waals surface area (Å²) in [5, 5.41) is 2.73. The summed E-state index contributed by atoms with van der Waals surface area (Å²) < 4.78 is 13.6. The average Bonchev–Trinajstić information content (AvgIpc) is 2.45. The van der Waals surface area contributed by atoms with Crippen molar-refractivity contribution in [3.8, 4) is 11.8 Å². The topological polar surface area (TPSA) is 68.0 Å². The zero-order valence-electron chi connectivity index (χ0n) is 10.9. The molecule has 6 heteroatoms. The highest BCUT2D eigenvalue weighted by atomic mass is 35.5. The molecule has 0 unspecified atom stereocenters. The largest absolute Gasteiger partial charge is 0.320 e. The van der Waals surface area contributed by atoms with Crippen LogP contribution < -0.4 is 11.1 Å². The second-order valence-corrected chi connectivity index (χ2v) is 4.45. The molecule has 0 aliphatic carbocycles. The molecule has 0 radical (unpaired) electrons. The van der Waals surface area contributed by atoms with E-state index in [4.69, 9.17) is 17.3 Å². The van der Waals surface area contributed by atoms with Crippen LogP contribution in [0.4, 0.5) is 10.2 Å². The van der Waals surface area contributed by atoms with Gasteiger partial charge < -0.3 is 11.1 Å². The van der Waals surface area contributed by atoms with E-state index in [9.17, 15) is 9.18 Å². The molecule has 0 saturated carbocycles. The third-order valence-electron chi connectivity index (χ3n) is 2.51. The van der Waals surface area contributed by atoms with E-state index >= 15 is 0 Å². The summed E-state index contributed by atoms with van der Waals surface area (Å²) in [6.45, 7) is 0.236. The quantitative estimate of drug-likeness (QED) is 0.837. The molecule has 0 atom stereocenters. The predicted octanol–water partition coefficient (Wildman–Crippen LogP) is 2.44. The number of aromatic nitrogens is 1. The van der Waals surface area contributed by atoms with E-state index in [1.165, 1.54) is 18.3 Å². The number of rotatable bonds is 2. The van der Waals surface area contributed by atoms with Crippen LogP contribution in [0.15, 0.2) is 36.5 Å². The van der Waals surface area contributed by atoms with Gasteiger partial charge in [0.25, 0.3) is 5.91 Å². The highest BCUT2D eigenvalue weighted by Gasteiger charge is 2.12. The van der Waals surface area contributed by atoms with Crippen LogP contribution in [0, 0.1) is 17.7 Å². The van der Waals surface area contributed by atoms with Gasteiger partial charge in [-0.25, -0.2) is 9.37 Å². The molecule has 0 bridgehead atoms. The SMILES string of the molecule is NCC#Cc1ccnc(NC(=O)c2ccc(Cl)cc2F)c1. The molecule has 0 spiro atoms. The van der Waals surface area contributed by atoms with Crippen LogP contribution in [0.3, 0.4) is 0 Å². The monoisotopic (exact) mass is 303 g/mol. The first-order valence-corrected chi connectivity index (χ1v) is 6.39. The number of amides is 1. The third kappa shape index (κ3) is 4.02. The van der Waals surface area contributed by atoms with Gasteiger partial charge >= 0.3 is 0 Å². The minimum atomic E-state index is -0.695. The van der Waals surface area contributed by atoms with E-state index in [1.807, 2.05) is 0 Å². The summed E-state index contributed by atoms with van der Waals surface area (Å²) in [6, 6.07) is 7.09. The van der Waals surface area contributed by atoms with Crippen LogP contribution in [0.1, 0.15) is 15.9 Å². The lowest BCUT2D eigenvalue weighted by Crippen LogP contribution is -2.14. The molecule has 1 amide bonds. The van der Waals surface area contributed by atoms with E-state index in [1.54, 1.807) is 12.1 Å². The Balaban J connectivity index is 2.19. The number of halogens is 2. The molecule has 21 heavy (non-hydrogen) atoms. The normalized spacial score (nSPS) is 9.67. The Hall–Kier alpha value is -2.42. The average molecular weight is 304 g/mol. The van der Waals surface area contributed by atoms with Gasteiger partial charge in [-0.3, -0.25) is 4.79 Å². The summed E-state index contributed by atoms with van der Waals surface area (Å²) in [4.78, 5) is 16.0. The molecule has 2 aromatic rings. The first-order chi connectivity index (χ1) is 10.1. The molecular formula is C15H11ClFN3O. The number of carbonyl (C=O) groups excluding carboxylic acids is 1. The lowest BCUT2D eigenvalue weighted by Gasteiger charge is -2.06. The molecule has 2 rings (SSSR count). The second-order valence-electron chi connectivity index (χ2n) is 4.01. The van der Waals surface area contributed by atoms with Crippen LogP contribution in [0.25, 0.3) is 0 Å². The molecular weight excluding hydrogens is 293 g/mol. The summed E-state index contributed by atoms with van der Waals surface area (Å²) in [6.07, 6.45) is 1.49. The summed E-state index contributed by atoms with van der Waals surface area (Å²) in [7, 11) is 0. The van der Waals surface area contributed by atoms with Crippen LogP contribution in [-0.2, 0) is 0 Å². The first kappa shape index (κ1) is 15.0. The number of pyridine rings is 1. The van der Waals surface area contributed by atoms with Crippen molar-refractivity contribution in [2.75, 3.05) is 11.9 Å². The molecule has 3 N–H and O–H groups in total. The molecule has 0 aliphatic heterocycles. The van der Waals surface area contributed by atoms with Gasteiger partial charge in [0.15, 0.2) is 0 Å². The number of hydrogen-bond donors (Lipinski definition) is 2. The second kappa shape index (κ2) is 6.84. The third-order valence-corrected chi connectivity index (χ3v) is 2.75. The Morgan fingerprint density at radius 2 is 2.19 bits per heavy atom. The minimum Gasteiger partial charge on any atom is -0.320 e. The minimum absolute atomic E-state index is 0.111. The Labute approximate surface area is 126 Å². The number of nitrogens with one attached hydrogen (secondary N) is 1. The highest BCUT2D eigenvalue weighted by Crippen LogP contribution is 2.16. The number of nitrogens with two attached hydrogens (primary N) is 1. The van der Waals surface area contributed by atoms with Gasteiger partial charge in [0.2, 0.25) is 0 Å². The first-order valence-electron chi connectivity index (χ1n) is 6.01.